The smallest absolute Gasteiger partial charge is 0.146 e. The zero-order valence-corrected chi connectivity index (χ0v) is 8.56. The SMILES string of the molecule is NNC(Cc1ccco1)c1ccncc1F. The van der Waals surface area contributed by atoms with Crippen LogP contribution in [0.3, 0.4) is 0 Å². The maximum Gasteiger partial charge on any atom is 0.146 e. The normalized spacial score (nSPS) is 12.6. The van der Waals surface area contributed by atoms with E-state index in [1.807, 2.05) is 6.07 Å². The lowest BCUT2D eigenvalue weighted by Crippen LogP contribution is -2.30. The Kier molecular flexibility index (Phi) is 3.28. The Bertz CT molecular complexity index is 444. The second-order valence-electron chi connectivity index (χ2n) is 3.40. The average Bonchev–Trinajstić information content (AvgIpc) is 2.80. The molecule has 2 aromatic rings. The molecule has 2 aromatic heterocycles. The molecule has 0 aliphatic rings. The first kappa shape index (κ1) is 10.8. The summed E-state index contributed by atoms with van der Waals surface area (Å²) >= 11 is 0. The van der Waals surface area contributed by atoms with E-state index in [4.69, 9.17) is 10.3 Å². The van der Waals surface area contributed by atoms with Crippen molar-refractivity contribution in [1.82, 2.24) is 10.4 Å². The van der Waals surface area contributed by atoms with Gasteiger partial charge < -0.3 is 4.42 Å². The standard InChI is InChI=1S/C11H12FN3O/c12-10-7-14-4-3-9(10)11(15-13)6-8-2-1-5-16-8/h1-5,7,11,15H,6,13H2. The highest BCUT2D eigenvalue weighted by Gasteiger charge is 2.15. The quantitative estimate of drug-likeness (QED) is 0.607. The molecule has 84 valence electrons. The number of rotatable bonds is 4. The van der Waals surface area contributed by atoms with Gasteiger partial charge in [0.1, 0.15) is 11.6 Å². The van der Waals surface area contributed by atoms with E-state index in [0.717, 1.165) is 5.76 Å². The molecule has 0 aromatic carbocycles. The first-order chi connectivity index (χ1) is 7.81. The summed E-state index contributed by atoms with van der Waals surface area (Å²) in [5.41, 5.74) is 3.05. The number of nitrogens with two attached hydrogens (primary N) is 1. The van der Waals surface area contributed by atoms with Gasteiger partial charge in [-0.05, 0) is 18.2 Å². The molecule has 0 bridgehead atoms. The van der Waals surface area contributed by atoms with Crippen molar-refractivity contribution in [2.24, 2.45) is 5.84 Å². The van der Waals surface area contributed by atoms with Crippen LogP contribution in [0, 0.1) is 5.82 Å². The number of halogens is 1. The molecule has 2 heterocycles. The van der Waals surface area contributed by atoms with Crippen LogP contribution in [0.25, 0.3) is 0 Å². The van der Waals surface area contributed by atoms with Crippen molar-refractivity contribution in [1.29, 1.82) is 0 Å². The number of aromatic nitrogens is 1. The van der Waals surface area contributed by atoms with Crippen LogP contribution in [0.15, 0.2) is 41.3 Å². The van der Waals surface area contributed by atoms with Gasteiger partial charge in [-0.2, -0.15) is 0 Å². The molecule has 0 fully saturated rings. The summed E-state index contributed by atoms with van der Waals surface area (Å²) in [5, 5.41) is 0. The molecule has 0 radical (unpaired) electrons. The molecule has 0 saturated heterocycles. The summed E-state index contributed by atoms with van der Waals surface area (Å²) in [6.45, 7) is 0. The summed E-state index contributed by atoms with van der Waals surface area (Å²) in [5.74, 6) is 5.78. The lowest BCUT2D eigenvalue weighted by molar-refractivity contribution is 0.443. The predicted octanol–water partition coefficient (Wildman–Crippen LogP) is 1.56. The molecule has 0 spiro atoms. The zero-order chi connectivity index (χ0) is 11.4. The van der Waals surface area contributed by atoms with E-state index in [9.17, 15) is 4.39 Å². The van der Waals surface area contributed by atoms with E-state index in [1.165, 1.54) is 12.4 Å². The van der Waals surface area contributed by atoms with Gasteiger partial charge in [0.2, 0.25) is 0 Å². The van der Waals surface area contributed by atoms with Gasteiger partial charge in [-0.15, -0.1) is 0 Å². The monoisotopic (exact) mass is 221 g/mol. The third-order valence-electron chi connectivity index (χ3n) is 2.37. The van der Waals surface area contributed by atoms with Crippen molar-refractivity contribution in [2.45, 2.75) is 12.5 Å². The van der Waals surface area contributed by atoms with Gasteiger partial charge in [0, 0.05) is 18.2 Å². The van der Waals surface area contributed by atoms with E-state index >= 15 is 0 Å². The van der Waals surface area contributed by atoms with Crippen LogP contribution < -0.4 is 11.3 Å². The maximum absolute atomic E-state index is 13.5. The van der Waals surface area contributed by atoms with E-state index in [-0.39, 0.29) is 11.9 Å². The Hall–Kier alpha value is -1.72. The van der Waals surface area contributed by atoms with Crippen LogP contribution in [0.2, 0.25) is 0 Å². The fraction of sp³-hybridized carbons (Fsp3) is 0.182. The first-order valence-electron chi connectivity index (χ1n) is 4.89. The number of hydrazine groups is 1. The largest absolute Gasteiger partial charge is 0.469 e. The van der Waals surface area contributed by atoms with Crippen LogP contribution in [0.5, 0.6) is 0 Å². The number of furan rings is 1. The molecular formula is C11H12FN3O. The zero-order valence-electron chi connectivity index (χ0n) is 8.56. The fourth-order valence-electron chi connectivity index (χ4n) is 1.56. The summed E-state index contributed by atoms with van der Waals surface area (Å²) in [6, 6.07) is 4.88. The number of nitrogens with one attached hydrogen (secondary N) is 1. The first-order valence-corrected chi connectivity index (χ1v) is 4.89. The van der Waals surface area contributed by atoms with Gasteiger partial charge in [0.05, 0.1) is 18.5 Å². The third-order valence-corrected chi connectivity index (χ3v) is 2.37. The van der Waals surface area contributed by atoms with Crippen LogP contribution in [0.4, 0.5) is 4.39 Å². The molecule has 0 saturated carbocycles. The lowest BCUT2D eigenvalue weighted by Gasteiger charge is -2.15. The molecule has 0 aliphatic heterocycles. The van der Waals surface area contributed by atoms with E-state index < -0.39 is 0 Å². The molecule has 5 heteroatoms. The van der Waals surface area contributed by atoms with Crippen LogP contribution in [-0.2, 0) is 6.42 Å². The minimum Gasteiger partial charge on any atom is -0.469 e. The second kappa shape index (κ2) is 4.87. The number of hydrogen-bond donors (Lipinski definition) is 2. The summed E-state index contributed by atoms with van der Waals surface area (Å²) < 4.78 is 18.7. The molecular weight excluding hydrogens is 209 g/mol. The van der Waals surface area contributed by atoms with Gasteiger partial charge in [0.25, 0.3) is 0 Å². The van der Waals surface area contributed by atoms with Crippen molar-refractivity contribution in [3.8, 4) is 0 Å². The molecule has 16 heavy (non-hydrogen) atoms. The van der Waals surface area contributed by atoms with Crippen LogP contribution in [-0.4, -0.2) is 4.98 Å². The highest BCUT2D eigenvalue weighted by atomic mass is 19.1. The van der Waals surface area contributed by atoms with Crippen molar-refractivity contribution >= 4 is 0 Å². The van der Waals surface area contributed by atoms with Crippen molar-refractivity contribution in [2.75, 3.05) is 0 Å². The van der Waals surface area contributed by atoms with Crippen LogP contribution >= 0.6 is 0 Å². The Morgan fingerprint density at radius 2 is 2.38 bits per heavy atom. The Labute approximate surface area is 92.3 Å². The van der Waals surface area contributed by atoms with Crippen molar-refractivity contribution in [3.63, 3.8) is 0 Å². The summed E-state index contributed by atoms with van der Waals surface area (Å²) in [4.78, 5) is 3.69. The van der Waals surface area contributed by atoms with Crippen molar-refractivity contribution < 1.29 is 8.81 Å². The Morgan fingerprint density at radius 1 is 1.50 bits per heavy atom. The molecule has 2 rings (SSSR count). The molecule has 3 N–H and O–H groups in total. The number of pyridine rings is 1. The van der Waals surface area contributed by atoms with Gasteiger partial charge in [-0.1, -0.05) is 0 Å². The van der Waals surface area contributed by atoms with Crippen molar-refractivity contribution in [3.05, 3.63) is 54.0 Å². The van der Waals surface area contributed by atoms with Gasteiger partial charge in [-0.3, -0.25) is 16.3 Å². The molecule has 1 atom stereocenters. The maximum atomic E-state index is 13.5. The molecule has 1 unspecified atom stereocenters. The van der Waals surface area contributed by atoms with Gasteiger partial charge >= 0.3 is 0 Å². The van der Waals surface area contributed by atoms with E-state index in [1.54, 1.807) is 18.4 Å². The summed E-state index contributed by atoms with van der Waals surface area (Å²) in [6.07, 6.45) is 4.77. The second-order valence-corrected chi connectivity index (χ2v) is 3.40. The molecule has 0 aliphatic carbocycles. The van der Waals surface area contributed by atoms with E-state index in [0.29, 0.717) is 12.0 Å². The Balaban J connectivity index is 2.20. The summed E-state index contributed by atoms with van der Waals surface area (Å²) in [7, 11) is 0. The van der Waals surface area contributed by atoms with Crippen LogP contribution in [0.1, 0.15) is 17.4 Å². The highest BCUT2D eigenvalue weighted by molar-refractivity contribution is 5.19. The van der Waals surface area contributed by atoms with E-state index in [2.05, 4.69) is 10.4 Å². The molecule has 0 amide bonds. The third kappa shape index (κ3) is 2.26. The fourth-order valence-corrected chi connectivity index (χ4v) is 1.56. The van der Waals surface area contributed by atoms with Gasteiger partial charge in [-0.25, -0.2) is 4.39 Å². The minimum absolute atomic E-state index is 0.325. The minimum atomic E-state index is -0.378. The number of hydrogen-bond acceptors (Lipinski definition) is 4. The lowest BCUT2D eigenvalue weighted by atomic mass is 10.0. The topological polar surface area (TPSA) is 64.1 Å². The molecule has 4 nitrogen and oxygen atoms in total. The average molecular weight is 221 g/mol. The predicted molar refractivity (Wildman–Crippen MR) is 56.7 cm³/mol. The Morgan fingerprint density at radius 3 is 3.00 bits per heavy atom. The highest BCUT2D eigenvalue weighted by Crippen LogP contribution is 2.19. The number of nitrogens with zero attached hydrogens (tertiary/aromatic N) is 1. The van der Waals surface area contributed by atoms with Gasteiger partial charge in [0.15, 0.2) is 0 Å².